The van der Waals surface area contributed by atoms with E-state index in [4.69, 9.17) is 0 Å². The Morgan fingerprint density at radius 2 is 2.12 bits per heavy atom. The third-order valence-electron chi connectivity index (χ3n) is 2.67. The molecule has 1 aromatic carbocycles. The van der Waals surface area contributed by atoms with Gasteiger partial charge in [-0.15, -0.1) is 0 Å². The van der Waals surface area contributed by atoms with Crippen LogP contribution in [-0.2, 0) is 10.0 Å². The van der Waals surface area contributed by atoms with Crippen molar-refractivity contribution in [3.05, 3.63) is 28.7 Å². The Bertz CT molecular complexity index is 483. The summed E-state index contributed by atoms with van der Waals surface area (Å²) in [5.74, 6) is 0. The van der Waals surface area contributed by atoms with Crippen molar-refractivity contribution in [2.24, 2.45) is 0 Å². The standard InChI is InChI=1S/C11H14BrNO2S/c1-2-13(10-6-7-10)16(14,15)11-5-3-4-9(12)8-11/h3-5,8,10H,2,6-7H2,1H3. The summed E-state index contributed by atoms with van der Waals surface area (Å²) in [6.07, 6.45) is 1.97. The highest BCUT2D eigenvalue weighted by atomic mass is 79.9. The monoisotopic (exact) mass is 303 g/mol. The van der Waals surface area contributed by atoms with E-state index >= 15 is 0 Å². The number of benzene rings is 1. The number of hydrogen-bond acceptors (Lipinski definition) is 2. The first kappa shape index (κ1) is 12.1. The zero-order chi connectivity index (χ0) is 11.8. The summed E-state index contributed by atoms with van der Waals surface area (Å²) in [5, 5.41) is 0. The zero-order valence-electron chi connectivity index (χ0n) is 9.06. The molecule has 0 heterocycles. The molecule has 1 aliphatic rings. The maximum absolute atomic E-state index is 12.3. The largest absolute Gasteiger partial charge is 0.243 e. The fourth-order valence-electron chi connectivity index (χ4n) is 1.75. The van der Waals surface area contributed by atoms with Crippen LogP contribution in [0.2, 0.25) is 0 Å². The van der Waals surface area contributed by atoms with Gasteiger partial charge < -0.3 is 0 Å². The number of rotatable bonds is 4. The first-order valence-corrected chi connectivity index (χ1v) is 7.56. The smallest absolute Gasteiger partial charge is 0.207 e. The Morgan fingerprint density at radius 1 is 1.44 bits per heavy atom. The van der Waals surface area contributed by atoms with Crippen molar-refractivity contribution in [3.63, 3.8) is 0 Å². The van der Waals surface area contributed by atoms with E-state index in [9.17, 15) is 8.42 Å². The van der Waals surface area contributed by atoms with E-state index in [2.05, 4.69) is 15.9 Å². The van der Waals surface area contributed by atoms with E-state index < -0.39 is 10.0 Å². The summed E-state index contributed by atoms with van der Waals surface area (Å²) in [6, 6.07) is 7.09. The average molecular weight is 304 g/mol. The maximum Gasteiger partial charge on any atom is 0.243 e. The quantitative estimate of drug-likeness (QED) is 0.857. The summed E-state index contributed by atoms with van der Waals surface area (Å²) in [6.45, 7) is 2.42. The van der Waals surface area contributed by atoms with Crippen LogP contribution in [0.1, 0.15) is 19.8 Å². The second-order valence-corrected chi connectivity index (χ2v) is 6.70. The van der Waals surface area contributed by atoms with E-state index in [1.807, 2.05) is 13.0 Å². The molecule has 1 aliphatic carbocycles. The predicted octanol–water partition coefficient (Wildman–Crippen LogP) is 2.62. The van der Waals surface area contributed by atoms with Crippen LogP contribution in [-0.4, -0.2) is 25.3 Å². The Labute approximate surface area is 105 Å². The number of nitrogens with zero attached hydrogens (tertiary/aromatic N) is 1. The lowest BCUT2D eigenvalue weighted by Crippen LogP contribution is -2.32. The number of sulfonamides is 1. The lowest BCUT2D eigenvalue weighted by Gasteiger charge is -2.19. The van der Waals surface area contributed by atoms with Gasteiger partial charge in [0.05, 0.1) is 4.90 Å². The molecule has 16 heavy (non-hydrogen) atoms. The molecule has 0 spiro atoms. The molecule has 2 rings (SSSR count). The van der Waals surface area contributed by atoms with Crippen LogP contribution >= 0.6 is 15.9 Å². The SMILES string of the molecule is CCN(C1CC1)S(=O)(=O)c1cccc(Br)c1. The van der Waals surface area contributed by atoms with Crippen LogP contribution < -0.4 is 0 Å². The summed E-state index contributed by atoms with van der Waals surface area (Å²) in [5.41, 5.74) is 0. The van der Waals surface area contributed by atoms with Crippen LogP contribution in [0.5, 0.6) is 0 Å². The lowest BCUT2D eigenvalue weighted by molar-refractivity contribution is 0.421. The fraction of sp³-hybridized carbons (Fsp3) is 0.455. The lowest BCUT2D eigenvalue weighted by atomic mass is 10.4. The van der Waals surface area contributed by atoms with Crippen molar-refractivity contribution in [2.75, 3.05) is 6.54 Å². The van der Waals surface area contributed by atoms with Crippen molar-refractivity contribution in [2.45, 2.75) is 30.7 Å². The molecule has 0 amide bonds. The summed E-state index contributed by atoms with van der Waals surface area (Å²) in [4.78, 5) is 0.371. The topological polar surface area (TPSA) is 37.4 Å². The molecule has 0 aliphatic heterocycles. The van der Waals surface area contributed by atoms with Gasteiger partial charge in [-0.2, -0.15) is 4.31 Å². The van der Waals surface area contributed by atoms with Crippen molar-refractivity contribution < 1.29 is 8.42 Å². The fourth-order valence-corrected chi connectivity index (χ4v) is 4.04. The summed E-state index contributed by atoms with van der Waals surface area (Å²) >= 11 is 3.30. The third-order valence-corrected chi connectivity index (χ3v) is 5.19. The van der Waals surface area contributed by atoms with Gasteiger partial charge in [-0.05, 0) is 31.0 Å². The van der Waals surface area contributed by atoms with Gasteiger partial charge in [0.15, 0.2) is 0 Å². The first-order chi connectivity index (χ1) is 7.55. The molecular formula is C11H14BrNO2S. The van der Waals surface area contributed by atoms with Gasteiger partial charge in [0.2, 0.25) is 10.0 Å². The van der Waals surface area contributed by atoms with Gasteiger partial charge in [-0.3, -0.25) is 0 Å². The van der Waals surface area contributed by atoms with E-state index in [1.54, 1.807) is 22.5 Å². The maximum atomic E-state index is 12.3. The van der Waals surface area contributed by atoms with E-state index in [1.165, 1.54) is 0 Å². The highest BCUT2D eigenvalue weighted by Gasteiger charge is 2.36. The summed E-state index contributed by atoms with van der Waals surface area (Å²) < 4.78 is 27.0. The second-order valence-electron chi connectivity index (χ2n) is 3.90. The molecule has 0 radical (unpaired) electrons. The van der Waals surface area contributed by atoms with Gasteiger partial charge >= 0.3 is 0 Å². The molecule has 3 nitrogen and oxygen atoms in total. The van der Waals surface area contributed by atoms with Crippen molar-refractivity contribution in [1.29, 1.82) is 0 Å². The van der Waals surface area contributed by atoms with Crippen molar-refractivity contribution in [3.8, 4) is 0 Å². The molecular weight excluding hydrogens is 290 g/mol. The Balaban J connectivity index is 2.37. The first-order valence-electron chi connectivity index (χ1n) is 5.33. The minimum atomic E-state index is -3.31. The minimum absolute atomic E-state index is 0.217. The Hall–Kier alpha value is -0.390. The summed E-state index contributed by atoms with van der Waals surface area (Å²) in [7, 11) is -3.31. The normalized spacial score (nSPS) is 16.7. The number of halogens is 1. The van der Waals surface area contributed by atoms with Crippen molar-refractivity contribution in [1.82, 2.24) is 4.31 Å². The van der Waals surface area contributed by atoms with Crippen LogP contribution in [0, 0.1) is 0 Å². The van der Waals surface area contributed by atoms with Crippen molar-refractivity contribution >= 4 is 26.0 Å². The highest BCUT2D eigenvalue weighted by Crippen LogP contribution is 2.32. The molecule has 0 aromatic heterocycles. The molecule has 5 heteroatoms. The van der Waals surface area contributed by atoms with Crippen LogP contribution in [0.25, 0.3) is 0 Å². The molecule has 0 unspecified atom stereocenters. The highest BCUT2D eigenvalue weighted by molar-refractivity contribution is 9.10. The molecule has 1 fully saturated rings. The second kappa shape index (κ2) is 4.47. The molecule has 0 saturated heterocycles. The van der Waals surface area contributed by atoms with Crippen LogP contribution in [0.4, 0.5) is 0 Å². The molecule has 0 N–H and O–H groups in total. The predicted molar refractivity (Wildman–Crippen MR) is 66.7 cm³/mol. The number of hydrogen-bond donors (Lipinski definition) is 0. The van der Waals surface area contributed by atoms with E-state index in [0.29, 0.717) is 11.4 Å². The minimum Gasteiger partial charge on any atom is -0.207 e. The van der Waals surface area contributed by atoms with Crippen LogP contribution in [0.15, 0.2) is 33.6 Å². The third kappa shape index (κ3) is 2.31. The van der Waals surface area contributed by atoms with E-state index in [-0.39, 0.29) is 6.04 Å². The zero-order valence-corrected chi connectivity index (χ0v) is 11.5. The van der Waals surface area contributed by atoms with Gasteiger partial charge in [0.1, 0.15) is 0 Å². The molecule has 0 bridgehead atoms. The van der Waals surface area contributed by atoms with E-state index in [0.717, 1.165) is 17.3 Å². The van der Waals surface area contributed by atoms with Gasteiger partial charge in [0, 0.05) is 17.1 Å². The molecule has 0 atom stereocenters. The van der Waals surface area contributed by atoms with Gasteiger partial charge in [-0.25, -0.2) is 8.42 Å². The Kier molecular flexibility index (Phi) is 3.37. The van der Waals surface area contributed by atoms with Crippen LogP contribution in [0.3, 0.4) is 0 Å². The molecule has 1 saturated carbocycles. The Morgan fingerprint density at radius 3 is 2.62 bits per heavy atom. The van der Waals surface area contributed by atoms with Gasteiger partial charge in [-0.1, -0.05) is 28.9 Å². The molecule has 1 aromatic rings. The van der Waals surface area contributed by atoms with Gasteiger partial charge in [0.25, 0.3) is 0 Å². The molecule has 88 valence electrons. The average Bonchev–Trinajstić information content (AvgIpc) is 3.03.